The van der Waals surface area contributed by atoms with Gasteiger partial charge in [-0.05, 0) is 24.6 Å². The Labute approximate surface area is 141 Å². The van der Waals surface area contributed by atoms with E-state index in [2.05, 4.69) is 5.32 Å². The summed E-state index contributed by atoms with van der Waals surface area (Å²) in [6.45, 7) is 4.53. The maximum absolute atomic E-state index is 14.2. The minimum absolute atomic E-state index is 0.0693. The van der Waals surface area contributed by atoms with Gasteiger partial charge in [-0.15, -0.1) is 0 Å². The smallest absolute Gasteiger partial charge is 0.305 e. The highest BCUT2D eigenvalue weighted by atomic mass is 19.1. The molecule has 1 aromatic carbocycles. The monoisotopic (exact) mass is 340 g/mol. The van der Waals surface area contributed by atoms with Crippen molar-refractivity contribution in [2.24, 2.45) is 0 Å². The number of ether oxygens (including phenoxy) is 2. The molecule has 6 nitrogen and oxygen atoms in total. The Bertz CT molecular complexity index is 535. The van der Waals surface area contributed by atoms with E-state index >= 15 is 0 Å². The molecule has 1 aromatic rings. The average molecular weight is 340 g/mol. The lowest BCUT2D eigenvalue weighted by molar-refractivity contribution is -0.146. The molecule has 1 aliphatic rings. The lowest BCUT2D eigenvalue weighted by atomic mass is 10.2. The zero-order valence-corrected chi connectivity index (χ0v) is 14.0. The van der Waals surface area contributed by atoms with Crippen molar-refractivity contribution in [3.63, 3.8) is 0 Å². The summed E-state index contributed by atoms with van der Waals surface area (Å²) in [7, 11) is 0. The number of morpholine rings is 1. The maximum atomic E-state index is 14.2. The van der Waals surface area contributed by atoms with Gasteiger partial charge in [-0.2, -0.15) is 0 Å². The first-order valence-corrected chi connectivity index (χ1v) is 8.30. The van der Waals surface area contributed by atoms with Crippen molar-refractivity contribution < 1.29 is 23.8 Å². The summed E-state index contributed by atoms with van der Waals surface area (Å²) in [5, 5.41) is 12.7. The number of aliphatic hydroxyl groups is 1. The molecular formula is C17H25FN2O4. The Morgan fingerprint density at radius 3 is 2.88 bits per heavy atom. The molecule has 24 heavy (non-hydrogen) atoms. The molecule has 0 spiro atoms. The first-order valence-electron chi connectivity index (χ1n) is 8.30. The second-order valence-corrected chi connectivity index (χ2v) is 5.73. The van der Waals surface area contributed by atoms with Gasteiger partial charge in [-0.25, -0.2) is 4.39 Å². The van der Waals surface area contributed by atoms with Gasteiger partial charge in [0, 0.05) is 31.7 Å². The highest BCUT2D eigenvalue weighted by Gasteiger charge is 2.15. The molecule has 0 aliphatic carbocycles. The first kappa shape index (κ1) is 18.5. The fourth-order valence-electron chi connectivity index (χ4n) is 2.44. The second-order valence-electron chi connectivity index (χ2n) is 5.73. The Hall–Kier alpha value is -1.86. The number of hydrogen-bond acceptors (Lipinski definition) is 6. The first-order chi connectivity index (χ1) is 11.6. The number of anilines is 2. The van der Waals surface area contributed by atoms with Crippen molar-refractivity contribution >= 4 is 17.3 Å². The molecule has 7 heteroatoms. The molecule has 0 radical (unpaired) electrons. The molecule has 1 unspecified atom stereocenters. The third-order valence-corrected chi connectivity index (χ3v) is 3.73. The molecule has 1 saturated heterocycles. The number of hydrogen-bond donors (Lipinski definition) is 2. The van der Waals surface area contributed by atoms with Gasteiger partial charge in [0.05, 0.1) is 18.9 Å². The van der Waals surface area contributed by atoms with Crippen LogP contribution in [0.2, 0.25) is 0 Å². The van der Waals surface area contributed by atoms with E-state index in [1.54, 1.807) is 12.1 Å². The summed E-state index contributed by atoms with van der Waals surface area (Å²) in [5.41, 5.74) is 1.13. The number of carbonyl (C=O) groups is 1. The molecule has 2 rings (SSSR count). The predicted octanol–water partition coefficient (Wildman–Crippen LogP) is 1.78. The van der Waals surface area contributed by atoms with Crippen molar-refractivity contribution in [2.75, 3.05) is 49.7 Å². The number of benzene rings is 1. The Morgan fingerprint density at radius 1 is 1.46 bits per heavy atom. The SMILES string of the molecule is CCCC(=O)OCC(O)CNc1ccc(N2CCOCC2)c(F)c1. The van der Waals surface area contributed by atoms with Gasteiger partial charge in [0.15, 0.2) is 0 Å². The van der Waals surface area contributed by atoms with Crippen LogP contribution in [0.5, 0.6) is 0 Å². The van der Waals surface area contributed by atoms with E-state index in [4.69, 9.17) is 9.47 Å². The molecule has 0 amide bonds. The average Bonchev–Trinajstić information content (AvgIpc) is 2.59. The van der Waals surface area contributed by atoms with Crippen LogP contribution in [0, 0.1) is 5.82 Å². The molecule has 1 atom stereocenters. The number of halogens is 1. The van der Waals surface area contributed by atoms with Crippen LogP contribution in [-0.2, 0) is 14.3 Å². The van der Waals surface area contributed by atoms with Crippen LogP contribution in [0.25, 0.3) is 0 Å². The van der Waals surface area contributed by atoms with E-state index in [0.29, 0.717) is 50.5 Å². The fraction of sp³-hybridized carbons (Fsp3) is 0.588. The summed E-state index contributed by atoms with van der Waals surface area (Å²) in [4.78, 5) is 13.2. The lowest BCUT2D eigenvalue weighted by Crippen LogP contribution is -2.36. The van der Waals surface area contributed by atoms with Crippen LogP contribution >= 0.6 is 0 Å². The molecule has 134 valence electrons. The minimum Gasteiger partial charge on any atom is -0.463 e. The van der Waals surface area contributed by atoms with Crippen molar-refractivity contribution in [1.29, 1.82) is 0 Å². The molecule has 0 bridgehead atoms. The number of nitrogens with one attached hydrogen (secondary N) is 1. The Morgan fingerprint density at radius 2 is 2.21 bits per heavy atom. The van der Waals surface area contributed by atoms with Crippen molar-refractivity contribution in [2.45, 2.75) is 25.9 Å². The number of rotatable bonds is 8. The summed E-state index contributed by atoms with van der Waals surface area (Å²) in [6.07, 6.45) is 0.212. The van der Waals surface area contributed by atoms with Gasteiger partial charge in [-0.3, -0.25) is 4.79 Å². The quantitative estimate of drug-likeness (QED) is 0.703. The van der Waals surface area contributed by atoms with Gasteiger partial charge in [0.25, 0.3) is 0 Å². The topological polar surface area (TPSA) is 71.0 Å². The standard InChI is InChI=1S/C17H25FN2O4/c1-2-3-17(22)24-12-14(21)11-19-13-4-5-16(15(18)10-13)20-6-8-23-9-7-20/h4-5,10,14,19,21H,2-3,6-9,11-12H2,1H3. The zero-order valence-electron chi connectivity index (χ0n) is 14.0. The van der Waals surface area contributed by atoms with Crippen molar-refractivity contribution in [3.05, 3.63) is 24.0 Å². The van der Waals surface area contributed by atoms with Crippen LogP contribution in [-0.4, -0.2) is 56.6 Å². The summed E-state index contributed by atoms with van der Waals surface area (Å²) in [5.74, 6) is -0.636. The van der Waals surface area contributed by atoms with Gasteiger partial charge in [0.1, 0.15) is 18.5 Å². The van der Waals surface area contributed by atoms with E-state index in [1.807, 2.05) is 11.8 Å². The Kier molecular flexibility index (Phi) is 7.27. The fourth-order valence-corrected chi connectivity index (χ4v) is 2.44. The van der Waals surface area contributed by atoms with Crippen molar-refractivity contribution in [3.8, 4) is 0 Å². The third-order valence-electron chi connectivity index (χ3n) is 3.73. The van der Waals surface area contributed by atoms with Crippen LogP contribution in [0.3, 0.4) is 0 Å². The van der Waals surface area contributed by atoms with E-state index in [-0.39, 0.29) is 24.9 Å². The number of nitrogens with zero attached hydrogens (tertiary/aromatic N) is 1. The van der Waals surface area contributed by atoms with Crippen LogP contribution in [0.4, 0.5) is 15.8 Å². The summed E-state index contributed by atoms with van der Waals surface area (Å²) < 4.78 is 24.4. The van der Waals surface area contributed by atoms with Crippen LogP contribution < -0.4 is 10.2 Å². The van der Waals surface area contributed by atoms with E-state index in [0.717, 1.165) is 0 Å². The molecule has 0 aromatic heterocycles. The van der Waals surface area contributed by atoms with E-state index in [1.165, 1.54) is 6.07 Å². The molecule has 1 heterocycles. The van der Waals surface area contributed by atoms with Crippen LogP contribution in [0.15, 0.2) is 18.2 Å². The normalized spacial score (nSPS) is 15.9. The number of esters is 1. The number of carbonyl (C=O) groups excluding carboxylic acids is 1. The second kappa shape index (κ2) is 9.44. The summed E-state index contributed by atoms with van der Waals surface area (Å²) >= 11 is 0. The molecule has 1 aliphatic heterocycles. The van der Waals surface area contributed by atoms with Gasteiger partial charge in [-0.1, -0.05) is 6.92 Å². The van der Waals surface area contributed by atoms with Gasteiger partial charge in [0.2, 0.25) is 0 Å². The highest BCUT2D eigenvalue weighted by Crippen LogP contribution is 2.23. The predicted molar refractivity (Wildman–Crippen MR) is 89.8 cm³/mol. The van der Waals surface area contributed by atoms with Crippen LogP contribution in [0.1, 0.15) is 19.8 Å². The Balaban J connectivity index is 1.80. The highest BCUT2D eigenvalue weighted by molar-refractivity contribution is 5.69. The molecule has 0 saturated carbocycles. The third kappa shape index (κ3) is 5.65. The van der Waals surface area contributed by atoms with Crippen molar-refractivity contribution in [1.82, 2.24) is 0 Å². The minimum atomic E-state index is -0.840. The van der Waals surface area contributed by atoms with E-state index < -0.39 is 6.10 Å². The molecule has 1 fully saturated rings. The largest absolute Gasteiger partial charge is 0.463 e. The van der Waals surface area contributed by atoms with E-state index in [9.17, 15) is 14.3 Å². The van der Waals surface area contributed by atoms with Gasteiger partial charge >= 0.3 is 5.97 Å². The number of aliphatic hydroxyl groups excluding tert-OH is 1. The summed E-state index contributed by atoms with van der Waals surface area (Å²) in [6, 6.07) is 4.89. The maximum Gasteiger partial charge on any atom is 0.305 e. The zero-order chi connectivity index (χ0) is 17.4. The lowest BCUT2D eigenvalue weighted by Gasteiger charge is -2.29. The molecule has 2 N–H and O–H groups in total. The molecular weight excluding hydrogens is 315 g/mol. The van der Waals surface area contributed by atoms with Gasteiger partial charge < -0.3 is 24.8 Å².